The molecule has 1 amide bonds. The minimum absolute atomic E-state index is 0.218. The van der Waals surface area contributed by atoms with Crippen LogP contribution in [-0.2, 0) is 4.79 Å². The third-order valence-electron chi connectivity index (χ3n) is 3.70. The van der Waals surface area contributed by atoms with Crippen molar-refractivity contribution in [3.8, 4) is 0 Å². The van der Waals surface area contributed by atoms with E-state index in [1.54, 1.807) is 0 Å². The van der Waals surface area contributed by atoms with E-state index in [0.717, 1.165) is 32.1 Å². The number of carbonyl (C=O) groups excluding carboxylic acids is 1. The number of aliphatic hydroxyl groups excluding tert-OH is 1. The molecule has 2 atom stereocenters. The fraction of sp³-hybridized carbons (Fsp3) is 0.909. The van der Waals surface area contributed by atoms with E-state index in [1.165, 1.54) is 6.42 Å². The third-order valence-corrected chi connectivity index (χ3v) is 3.70. The van der Waals surface area contributed by atoms with Gasteiger partial charge in [0.15, 0.2) is 0 Å². The minimum Gasteiger partial charge on any atom is -0.396 e. The van der Waals surface area contributed by atoms with Gasteiger partial charge < -0.3 is 10.4 Å². The Kier molecular flexibility index (Phi) is 3.06. The van der Waals surface area contributed by atoms with Crippen molar-refractivity contribution in [2.24, 2.45) is 11.8 Å². The highest BCUT2D eigenvalue weighted by Gasteiger charge is 2.31. The summed E-state index contributed by atoms with van der Waals surface area (Å²) in [7, 11) is 0. The maximum absolute atomic E-state index is 11.7. The first kappa shape index (κ1) is 9.97. The van der Waals surface area contributed by atoms with Gasteiger partial charge in [0.2, 0.25) is 5.91 Å². The molecule has 0 aromatic rings. The lowest BCUT2D eigenvalue weighted by atomic mass is 9.84. The second-order valence-corrected chi connectivity index (χ2v) is 4.62. The monoisotopic (exact) mass is 197 g/mol. The number of hydrogen-bond acceptors (Lipinski definition) is 2. The first-order valence-electron chi connectivity index (χ1n) is 5.72. The number of carbonyl (C=O) groups is 1. The zero-order valence-electron chi connectivity index (χ0n) is 8.54. The highest BCUT2D eigenvalue weighted by atomic mass is 16.3. The number of hydrogen-bond donors (Lipinski definition) is 2. The molecule has 0 saturated heterocycles. The van der Waals surface area contributed by atoms with E-state index < -0.39 is 0 Å². The fourth-order valence-electron chi connectivity index (χ4n) is 2.42. The molecule has 14 heavy (non-hydrogen) atoms. The average molecular weight is 197 g/mol. The highest BCUT2D eigenvalue weighted by Crippen LogP contribution is 2.29. The van der Waals surface area contributed by atoms with Gasteiger partial charge in [-0.2, -0.15) is 0 Å². The molecule has 2 aliphatic carbocycles. The molecular formula is C11H19NO2. The summed E-state index contributed by atoms with van der Waals surface area (Å²) < 4.78 is 0. The number of amides is 1. The van der Waals surface area contributed by atoms with Gasteiger partial charge in [0.1, 0.15) is 0 Å². The van der Waals surface area contributed by atoms with E-state index >= 15 is 0 Å². The summed E-state index contributed by atoms with van der Waals surface area (Å²) >= 11 is 0. The smallest absolute Gasteiger partial charge is 0.223 e. The molecule has 80 valence electrons. The van der Waals surface area contributed by atoms with Crippen molar-refractivity contribution in [2.75, 3.05) is 6.61 Å². The Bertz CT molecular complexity index is 213. The van der Waals surface area contributed by atoms with Gasteiger partial charge in [0.25, 0.3) is 0 Å². The maximum Gasteiger partial charge on any atom is 0.223 e. The van der Waals surface area contributed by atoms with Crippen molar-refractivity contribution >= 4 is 5.91 Å². The lowest BCUT2D eigenvalue weighted by molar-refractivity contribution is -0.128. The first-order chi connectivity index (χ1) is 6.81. The molecule has 2 saturated carbocycles. The van der Waals surface area contributed by atoms with Crippen LogP contribution >= 0.6 is 0 Å². The number of nitrogens with one attached hydrogen (secondary N) is 1. The van der Waals surface area contributed by atoms with Gasteiger partial charge >= 0.3 is 0 Å². The molecule has 2 N–H and O–H groups in total. The van der Waals surface area contributed by atoms with Crippen molar-refractivity contribution in [2.45, 2.75) is 44.6 Å². The summed E-state index contributed by atoms with van der Waals surface area (Å²) in [5.41, 5.74) is 0. The van der Waals surface area contributed by atoms with E-state index in [1.807, 2.05) is 0 Å². The van der Waals surface area contributed by atoms with Crippen molar-refractivity contribution < 1.29 is 9.90 Å². The van der Waals surface area contributed by atoms with Crippen LogP contribution in [-0.4, -0.2) is 23.7 Å². The van der Waals surface area contributed by atoms with Crippen LogP contribution in [0.25, 0.3) is 0 Å². The molecule has 2 aliphatic rings. The molecule has 0 radical (unpaired) electrons. The van der Waals surface area contributed by atoms with Crippen LogP contribution in [0.4, 0.5) is 0 Å². The van der Waals surface area contributed by atoms with Crippen LogP contribution in [0.1, 0.15) is 38.5 Å². The molecule has 3 nitrogen and oxygen atoms in total. The standard InChI is InChI=1S/C11H19NO2/c13-7-9-5-2-6-10(9)12-11(14)8-3-1-4-8/h8-10,13H,1-7H2,(H,12,14). The molecule has 0 heterocycles. The van der Waals surface area contributed by atoms with Gasteiger partial charge in [-0.15, -0.1) is 0 Å². The Labute approximate surface area is 84.9 Å². The van der Waals surface area contributed by atoms with E-state index in [0.29, 0.717) is 5.92 Å². The molecule has 3 heteroatoms. The molecule has 0 spiro atoms. The largest absolute Gasteiger partial charge is 0.396 e. The molecule has 0 aromatic heterocycles. The minimum atomic E-state index is 0.218. The number of aliphatic hydroxyl groups is 1. The highest BCUT2D eigenvalue weighted by molar-refractivity contribution is 5.79. The Morgan fingerprint density at radius 2 is 1.93 bits per heavy atom. The Morgan fingerprint density at radius 3 is 2.50 bits per heavy atom. The predicted octanol–water partition coefficient (Wildman–Crippen LogP) is 1.06. The van der Waals surface area contributed by atoms with Gasteiger partial charge in [-0.1, -0.05) is 12.8 Å². The maximum atomic E-state index is 11.7. The van der Waals surface area contributed by atoms with Crippen molar-refractivity contribution in [3.05, 3.63) is 0 Å². The fourth-order valence-corrected chi connectivity index (χ4v) is 2.42. The second-order valence-electron chi connectivity index (χ2n) is 4.62. The van der Waals surface area contributed by atoms with Crippen LogP contribution < -0.4 is 5.32 Å². The summed E-state index contributed by atoms with van der Waals surface area (Å²) in [5, 5.41) is 12.2. The van der Waals surface area contributed by atoms with Gasteiger partial charge in [-0.25, -0.2) is 0 Å². The van der Waals surface area contributed by atoms with E-state index in [2.05, 4.69) is 5.32 Å². The van der Waals surface area contributed by atoms with E-state index in [4.69, 9.17) is 5.11 Å². The van der Waals surface area contributed by atoms with Crippen molar-refractivity contribution in [1.29, 1.82) is 0 Å². The average Bonchev–Trinajstić information content (AvgIpc) is 2.48. The van der Waals surface area contributed by atoms with Gasteiger partial charge in [0.05, 0.1) is 0 Å². The molecule has 0 aromatic carbocycles. The quantitative estimate of drug-likeness (QED) is 0.711. The second kappa shape index (κ2) is 4.30. The molecule has 2 rings (SSSR count). The summed E-state index contributed by atoms with van der Waals surface area (Å²) in [4.78, 5) is 11.7. The molecule has 0 bridgehead atoms. The SMILES string of the molecule is O=C(NC1CCCC1CO)C1CCC1. The lowest BCUT2D eigenvalue weighted by Crippen LogP contribution is -2.43. The van der Waals surface area contributed by atoms with Crippen LogP contribution in [0, 0.1) is 11.8 Å². The Morgan fingerprint density at radius 1 is 1.21 bits per heavy atom. The molecular weight excluding hydrogens is 178 g/mol. The van der Waals surface area contributed by atoms with Crippen LogP contribution in [0.3, 0.4) is 0 Å². The summed E-state index contributed by atoms with van der Waals surface area (Å²) in [6, 6.07) is 0.244. The van der Waals surface area contributed by atoms with Crippen molar-refractivity contribution in [3.63, 3.8) is 0 Å². The number of rotatable bonds is 3. The van der Waals surface area contributed by atoms with Gasteiger partial charge in [0, 0.05) is 24.5 Å². The summed E-state index contributed by atoms with van der Waals surface area (Å²) in [6.07, 6.45) is 6.56. The van der Waals surface area contributed by atoms with Gasteiger partial charge in [-0.3, -0.25) is 4.79 Å². The van der Waals surface area contributed by atoms with E-state index in [-0.39, 0.29) is 24.5 Å². The molecule has 0 aliphatic heterocycles. The summed E-state index contributed by atoms with van der Waals surface area (Å²) in [6.45, 7) is 0.218. The molecule has 2 unspecified atom stereocenters. The topological polar surface area (TPSA) is 49.3 Å². The molecule has 2 fully saturated rings. The Hall–Kier alpha value is -0.570. The Balaban J connectivity index is 1.80. The van der Waals surface area contributed by atoms with Crippen LogP contribution in [0.2, 0.25) is 0 Å². The normalized spacial score (nSPS) is 32.6. The third kappa shape index (κ3) is 1.92. The van der Waals surface area contributed by atoms with Crippen molar-refractivity contribution in [1.82, 2.24) is 5.32 Å². The predicted molar refractivity (Wildman–Crippen MR) is 53.7 cm³/mol. The van der Waals surface area contributed by atoms with E-state index in [9.17, 15) is 4.79 Å². The lowest BCUT2D eigenvalue weighted by Gasteiger charge is -2.27. The van der Waals surface area contributed by atoms with Crippen LogP contribution in [0.5, 0.6) is 0 Å². The van der Waals surface area contributed by atoms with Gasteiger partial charge in [-0.05, 0) is 25.7 Å². The zero-order valence-corrected chi connectivity index (χ0v) is 8.54. The summed E-state index contributed by atoms with van der Waals surface area (Å²) in [5.74, 6) is 0.801. The first-order valence-corrected chi connectivity index (χ1v) is 5.72. The zero-order chi connectivity index (χ0) is 9.97. The van der Waals surface area contributed by atoms with Crippen LogP contribution in [0.15, 0.2) is 0 Å².